The van der Waals surface area contributed by atoms with E-state index in [0.717, 1.165) is 66.2 Å². The second-order valence-electron chi connectivity index (χ2n) is 14.4. The van der Waals surface area contributed by atoms with Crippen LogP contribution in [-0.4, -0.2) is 19.5 Å². The third kappa shape index (κ3) is 5.58. The topological polar surface area (TPSA) is 43.6 Å². The summed E-state index contributed by atoms with van der Waals surface area (Å²) < 4.78 is 2.36. The van der Waals surface area contributed by atoms with Crippen LogP contribution in [0.2, 0.25) is 0 Å². The number of aromatic nitrogens is 4. The Labute approximate surface area is 330 Å². The smallest absolute Gasteiger partial charge is 0.164 e. The van der Waals surface area contributed by atoms with E-state index in [2.05, 4.69) is 193 Å². The molecule has 0 unspecified atom stereocenters. The predicted molar refractivity (Wildman–Crippen MR) is 236 cm³/mol. The first-order chi connectivity index (χ1) is 28.3. The quantitative estimate of drug-likeness (QED) is 0.171. The zero-order valence-electron chi connectivity index (χ0n) is 30.9. The van der Waals surface area contributed by atoms with Crippen molar-refractivity contribution in [2.24, 2.45) is 0 Å². The Morgan fingerprint density at radius 2 is 0.842 bits per heavy atom. The summed E-state index contributed by atoms with van der Waals surface area (Å²) in [5.41, 5.74) is 11.0. The first-order valence-corrected chi connectivity index (χ1v) is 19.3. The lowest BCUT2D eigenvalue weighted by Crippen LogP contribution is -2.01. The molecular weight excluding hydrogens is 693 g/mol. The van der Waals surface area contributed by atoms with Crippen molar-refractivity contribution in [3.05, 3.63) is 206 Å². The van der Waals surface area contributed by atoms with Crippen molar-refractivity contribution in [2.75, 3.05) is 0 Å². The molecule has 0 saturated carbocycles. The van der Waals surface area contributed by atoms with Crippen molar-refractivity contribution < 1.29 is 0 Å². The van der Waals surface area contributed by atoms with Crippen LogP contribution >= 0.6 is 0 Å². The van der Waals surface area contributed by atoms with Gasteiger partial charge in [-0.25, -0.2) is 15.0 Å². The Hall–Kier alpha value is -7.69. The molecule has 0 radical (unpaired) electrons. The van der Waals surface area contributed by atoms with Crippen LogP contribution < -0.4 is 0 Å². The van der Waals surface area contributed by atoms with Crippen LogP contribution in [0.1, 0.15) is 0 Å². The molecule has 4 heteroatoms. The van der Waals surface area contributed by atoms with Crippen molar-refractivity contribution in [1.82, 2.24) is 19.5 Å². The highest BCUT2D eigenvalue weighted by Crippen LogP contribution is 2.41. The first kappa shape index (κ1) is 32.7. The van der Waals surface area contributed by atoms with Crippen molar-refractivity contribution in [3.8, 4) is 62.1 Å². The highest BCUT2D eigenvalue weighted by Gasteiger charge is 2.19. The lowest BCUT2D eigenvalue weighted by Gasteiger charge is -2.15. The van der Waals surface area contributed by atoms with Crippen molar-refractivity contribution in [2.45, 2.75) is 0 Å². The average Bonchev–Trinajstić information content (AvgIpc) is 3.62. The maximum atomic E-state index is 5.32. The summed E-state index contributed by atoms with van der Waals surface area (Å²) in [4.78, 5) is 15.7. The normalized spacial score (nSPS) is 11.5. The second kappa shape index (κ2) is 13.6. The van der Waals surface area contributed by atoms with Gasteiger partial charge in [0.1, 0.15) is 0 Å². The first-order valence-electron chi connectivity index (χ1n) is 19.3. The number of hydrogen-bond donors (Lipinski definition) is 0. The summed E-state index contributed by atoms with van der Waals surface area (Å²) in [7, 11) is 0. The fraction of sp³-hybridized carbons (Fsp3) is 0. The summed E-state index contributed by atoms with van der Waals surface area (Å²) in [5.74, 6) is 1.91. The lowest BCUT2D eigenvalue weighted by atomic mass is 9.93. The molecule has 0 atom stereocenters. The van der Waals surface area contributed by atoms with Crippen LogP contribution in [0.5, 0.6) is 0 Å². The van der Waals surface area contributed by atoms with Gasteiger partial charge >= 0.3 is 0 Å². The fourth-order valence-electron chi connectivity index (χ4n) is 8.46. The summed E-state index contributed by atoms with van der Waals surface area (Å²) in [6, 6.07) is 72.8. The zero-order valence-corrected chi connectivity index (χ0v) is 30.9. The number of rotatable bonds is 6. The van der Waals surface area contributed by atoms with Gasteiger partial charge in [-0.3, -0.25) is 0 Å². The Morgan fingerprint density at radius 1 is 0.298 bits per heavy atom. The van der Waals surface area contributed by atoms with Gasteiger partial charge in [-0.2, -0.15) is 0 Å². The Balaban J connectivity index is 1.11. The molecule has 4 nitrogen and oxygen atoms in total. The van der Waals surface area contributed by atoms with Crippen molar-refractivity contribution in [1.29, 1.82) is 0 Å². The molecular formula is C53H34N4. The molecule has 2 aromatic heterocycles. The molecule has 0 saturated heterocycles. The number of para-hydroxylation sites is 2. The van der Waals surface area contributed by atoms with Crippen LogP contribution in [0.4, 0.5) is 0 Å². The molecule has 9 aromatic carbocycles. The molecule has 0 amide bonds. The van der Waals surface area contributed by atoms with Crippen molar-refractivity contribution in [3.63, 3.8) is 0 Å². The maximum Gasteiger partial charge on any atom is 0.164 e. The number of fused-ring (bicyclic) bond motifs is 5. The number of benzene rings is 9. The van der Waals surface area contributed by atoms with Gasteiger partial charge in [0.25, 0.3) is 0 Å². The summed E-state index contributed by atoms with van der Waals surface area (Å²) in [6.07, 6.45) is 0. The van der Waals surface area contributed by atoms with Gasteiger partial charge in [-0.1, -0.05) is 170 Å². The monoisotopic (exact) mass is 726 g/mol. The largest absolute Gasteiger partial charge is 0.309 e. The third-order valence-electron chi connectivity index (χ3n) is 11.1. The Kier molecular flexibility index (Phi) is 7.78. The van der Waals surface area contributed by atoms with Gasteiger partial charge in [0.05, 0.1) is 11.0 Å². The lowest BCUT2D eigenvalue weighted by molar-refractivity contribution is 1.08. The molecule has 0 fully saturated rings. The van der Waals surface area contributed by atoms with Gasteiger partial charge in [-0.05, 0) is 74.8 Å². The molecule has 0 bridgehead atoms. The van der Waals surface area contributed by atoms with E-state index >= 15 is 0 Å². The van der Waals surface area contributed by atoms with E-state index in [0.29, 0.717) is 17.5 Å². The van der Waals surface area contributed by atoms with Crippen LogP contribution in [0.3, 0.4) is 0 Å². The van der Waals surface area contributed by atoms with Crippen LogP contribution in [0, 0.1) is 0 Å². The summed E-state index contributed by atoms with van der Waals surface area (Å²) in [6.45, 7) is 0. The standard InChI is InChI=1S/C53H34N4/c1-4-16-35(17-5-1)41-27-14-20-36-21-15-28-46(50(36)41)53-55-51(37-18-6-2-7-19-37)54-52(56-53)45-32-31-40(42-24-10-11-25-43(42)45)38-30-33-49-47(34-38)44-26-12-13-29-48(44)57(49)39-22-8-3-9-23-39/h1-34H. The second-order valence-corrected chi connectivity index (χ2v) is 14.4. The highest BCUT2D eigenvalue weighted by molar-refractivity contribution is 6.12. The van der Waals surface area contributed by atoms with E-state index < -0.39 is 0 Å². The van der Waals surface area contributed by atoms with E-state index in [1.54, 1.807) is 0 Å². The van der Waals surface area contributed by atoms with E-state index in [9.17, 15) is 0 Å². The fourth-order valence-corrected chi connectivity index (χ4v) is 8.46. The molecule has 0 N–H and O–H groups in total. The molecule has 57 heavy (non-hydrogen) atoms. The van der Waals surface area contributed by atoms with Gasteiger partial charge in [0, 0.05) is 38.5 Å². The molecule has 266 valence electrons. The Morgan fingerprint density at radius 3 is 1.58 bits per heavy atom. The zero-order chi connectivity index (χ0) is 37.7. The van der Waals surface area contributed by atoms with Crippen LogP contribution in [0.25, 0.3) is 105 Å². The van der Waals surface area contributed by atoms with E-state index in [4.69, 9.17) is 15.0 Å². The maximum absolute atomic E-state index is 5.32. The highest BCUT2D eigenvalue weighted by atomic mass is 15.0. The van der Waals surface area contributed by atoms with Gasteiger partial charge in [0.15, 0.2) is 17.5 Å². The molecule has 0 aliphatic heterocycles. The molecule has 0 spiro atoms. The van der Waals surface area contributed by atoms with Gasteiger partial charge in [0.2, 0.25) is 0 Å². The van der Waals surface area contributed by atoms with E-state index in [-0.39, 0.29) is 0 Å². The molecule has 0 aliphatic carbocycles. The molecule has 0 aliphatic rings. The van der Waals surface area contributed by atoms with Crippen LogP contribution in [0.15, 0.2) is 206 Å². The van der Waals surface area contributed by atoms with E-state index in [1.165, 1.54) is 21.8 Å². The number of hydrogen-bond acceptors (Lipinski definition) is 3. The predicted octanol–water partition coefficient (Wildman–Crippen LogP) is 13.6. The summed E-state index contributed by atoms with van der Waals surface area (Å²) >= 11 is 0. The SMILES string of the molecule is c1ccc(-c2nc(-c3ccc(-c4ccc5c(c4)c4ccccc4n5-c4ccccc4)c4ccccc34)nc(-c3cccc4cccc(-c5ccccc5)c34)n2)cc1. The van der Waals surface area contributed by atoms with E-state index in [1.807, 2.05) is 18.2 Å². The Bertz CT molecular complexity index is 3270. The third-order valence-corrected chi connectivity index (χ3v) is 11.1. The van der Waals surface area contributed by atoms with Crippen molar-refractivity contribution >= 4 is 43.4 Å². The summed E-state index contributed by atoms with van der Waals surface area (Å²) in [5, 5.41) is 6.93. The number of nitrogens with zero attached hydrogens (tertiary/aromatic N) is 4. The molecule has 11 aromatic rings. The molecule has 11 rings (SSSR count). The average molecular weight is 727 g/mol. The van der Waals surface area contributed by atoms with Gasteiger partial charge in [-0.15, -0.1) is 0 Å². The van der Waals surface area contributed by atoms with Gasteiger partial charge < -0.3 is 4.57 Å². The van der Waals surface area contributed by atoms with Crippen LogP contribution in [-0.2, 0) is 0 Å². The minimum Gasteiger partial charge on any atom is -0.309 e. The molecule has 2 heterocycles. The minimum absolute atomic E-state index is 0.636. The minimum atomic E-state index is 0.636.